The molecule has 0 aliphatic heterocycles. The standard InChI is InChI=1S/C49H31N3S.C43H27N3S/c1-4-12-32(13-5-1)34-20-22-36(23-21-34)44-31-43(35-16-8-3-9-17-35)51-49(52-44)38-26-24-37(25-27-38)47-46-40-18-10-11-19-45(40)53-48(46)41-30-39(28-29-42(41)50-47)33-14-6-2-7-15-33;1-4-12-28(13-5-1)33-24-25-36-35(26-33)42-40(34-18-10-11-19-39(34)47-42)41(44-36)31-22-20-30(21-23-31)38-27-37(29-14-6-2-7-15-29)45-43(46-38)32-16-8-3-9-17-32/h1-31H;1-27H. The lowest BCUT2D eigenvalue weighted by molar-refractivity contribution is 1.18. The van der Waals surface area contributed by atoms with E-state index in [0.717, 1.165) is 89.7 Å². The first kappa shape index (κ1) is 59.7. The van der Waals surface area contributed by atoms with Gasteiger partial charge in [-0.2, -0.15) is 0 Å². The monoisotopic (exact) mass is 1310 g/mol. The summed E-state index contributed by atoms with van der Waals surface area (Å²) in [5.41, 5.74) is 23.0. The molecule has 0 amide bonds. The lowest BCUT2D eigenvalue weighted by atomic mass is 9.98. The first-order chi connectivity index (χ1) is 49.5. The number of hydrogen-bond donors (Lipinski definition) is 0. The van der Waals surface area contributed by atoms with Crippen molar-refractivity contribution in [2.75, 3.05) is 0 Å². The van der Waals surface area contributed by atoms with E-state index in [1.807, 2.05) is 83.3 Å². The number of nitrogens with zero attached hydrogens (tertiary/aromatic N) is 6. The van der Waals surface area contributed by atoms with E-state index in [1.165, 1.54) is 84.5 Å². The summed E-state index contributed by atoms with van der Waals surface area (Å²) < 4.78 is 5.05. The third kappa shape index (κ3) is 11.5. The number of thiophene rings is 2. The summed E-state index contributed by atoms with van der Waals surface area (Å²) in [6.45, 7) is 0. The summed E-state index contributed by atoms with van der Waals surface area (Å²) in [4.78, 5) is 30.9. The predicted octanol–water partition coefficient (Wildman–Crippen LogP) is 25.1. The van der Waals surface area contributed by atoms with Gasteiger partial charge < -0.3 is 0 Å². The summed E-state index contributed by atoms with van der Waals surface area (Å²) in [6.07, 6.45) is 0. The molecule has 0 saturated carbocycles. The van der Waals surface area contributed by atoms with Gasteiger partial charge in [-0.3, -0.25) is 0 Å². The molecule has 0 radical (unpaired) electrons. The Kier molecular flexibility index (Phi) is 15.5. The van der Waals surface area contributed by atoms with Crippen LogP contribution in [0.15, 0.2) is 352 Å². The van der Waals surface area contributed by atoms with Crippen LogP contribution in [-0.2, 0) is 0 Å². The van der Waals surface area contributed by atoms with Crippen LogP contribution < -0.4 is 0 Å². The van der Waals surface area contributed by atoms with Crippen LogP contribution in [0.5, 0.6) is 0 Å². The Hall–Kier alpha value is -12.7. The van der Waals surface area contributed by atoms with Gasteiger partial charge in [0.25, 0.3) is 0 Å². The molecule has 468 valence electrons. The molecular weight excluding hydrogens is 1250 g/mol. The Morgan fingerprint density at radius 1 is 0.180 bits per heavy atom. The zero-order valence-corrected chi connectivity index (χ0v) is 55.6. The minimum atomic E-state index is 0.686. The molecule has 6 nitrogen and oxygen atoms in total. The van der Waals surface area contributed by atoms with Crippen molar-refractivity contribution < 1.29 is 0 Å². The van der Waals surface area contributed by atoms with Gasteiger partial charge in [-0.05, 0) is 81.9 Å². The molecule has 19 rings (SSSR count). The summed E-state index contributed by atoms with van der Waals surface area (Å²) >= 11 is 3.69. The fourth-order valence-corrected chi connectivity index (χ4v) is 16.0. The van der Waals surface area contributed by atoms with Gasteiger partial charge in [-0.25, -0.2) is 29.9 Å². The Morgan fingerprint density at radius 3 is 0.820 bits per heavy atom. The fraction of sp³-hybridized carbons (Fsp3) is 0. The Labute approximate surface area is 586 Å². The summed E-state index contributed by atoms with van der Waals surface area (Å²) in [5, 5.41) is 7.23. The maximum absolute atomic E-state index is 5.35. The molecule has 0 saturated heterocycles. The molecule has 0 spiro atoms. The molecule has 0 atom stereocenters. The second kappa shape index (κ2) is 26.0. The number of pyridine rings is 2. The molecule has 6 heterocycles. The molecule has 6 aromatic heterocycles. The van der Waals surface area contributed by atoms with Crippen LogP contribution in [0.3, 0.4) is 0 Å². The molecule has 0 N–H and O–H groups in total. The summed E-state index contributed by atoms with van der Waals surface area (Å²) in [5.74, 6) is 1.40. The molecule has 0 bridgehead atoms. The molecule has 0 fully saturated rings. The topological polar surface area (TPSA) is 77.3 Å². The zero-order chi connectivity index (χ0) is 66.3. The molecule has 0 aliphatic rings. The highest BCUT2D eigenvalue weighted by atomic mass is 32.1. The van der Waals surface area contributed by atoms with Crippen molar-refractivity contribution in [1.82, 2.24) is 29.9 Å². The van der Waals surface area contributed by atoms with Crippen LogP contribution in [-0.4, -0.2) is 29.9 Å². The van der Waals surface area contributed by atoms with Crippen LogP contribution in [0.25, 0.3) is 186 Å². The van der Waals surface area contributed by atoms with Crippen molar-refractivity contribution in [2.45, 2.75) is 0 Å². The predicted molar refractivity (Wildman–Crippen MR) is 420 cm³/mol. The van der Waals surface area contributed by atoms with E-state index >= 15 is 0 Å². The number of hydrogen-bond acceptors (Lipinski definition) is 8. The summed E-state index contributed by atoms with van der Waals surface area (Å²) in [7, 11) is 0. The van der Waals surface area contributed by atoms with Gasteiger partial charge in [0, 0.05) is 95.6 Å². The SMILES string of the molecule is c1ccc(-c2ccc(-c3cc(-c4ccccc4)nc(-c4ccc(-c5nc6ccc(-c7ccccc7)cc6c6sc7ccccc7c56)cc4)n3)cc2)cc1.c1ccc(-c2ccc3nc(-c4ccc(-c5cc(-c6ccccc6)nc(-c6ccccc6)n5)cc4)c4c5ccccc5sc4c3c2)cc1. The van der Waals surface area contributed by atoms with E-state index in [0.29, 0.717) is 11.6 Å². The smallest absolute Gasteiger partial charge is 0.160 e. The zero-order valence-electron chi connectivity index (χ0n) is 54.0. The van der Waals surface area contributed by atoms with Crippen LogP contribution in [0.4, 0.5) is 0 Å². The van der Waals surface area contributed by atoms with Gasteiger partial charge in [0.2, 0.25) is 0 Å². The highest BCUT2D eigenvalue weighted by Gasteiger charge is 2.21. The van der Waals surface area contributed by atoms with Gasteiger partial charge >= 0.3 is 0 Å². The van der Waals surface area contributed by atoms with Gasteiger partial charge in [-0.15, -0.1) is 22.7 Å². The molecule has 100 heavy (non-hydrogen) atoms. The first-order valence-electron chi connectivity index (χ1n) is 33.5. The third-order valence-electron chi connectivity index (χ3n) is 18.6. The number of aromatic nitrogens is 6. The normalized spacial score (nSPS) is 11.4. The molecular formula is C92H58N6S2. The Morgan fingerprint density at radius 2 is 0.440 bits per heavy atom. The largest absolute Gasteiger partial charge is 0.247 e. The van der Waals surface area contributed by atoms with Crippen LogP contribution in [0.1, 0.15) is 0 Å². The average Bonchev–Trinajstić information content (AvgIpc) is 1.55. The Bertz CT molecular complexity index is 6150. The maximum atomic E-state index is 5.35. The van der Waals surface area contributed by atoms with Crippen molar-refractivity contribution in [3.63, 3.8) is 0 Å². The van der Waals surface area contributed by atoms with Crippen LogP contribution in [0.2, 0.25) is 0 Å². The highest BCUT2D eigenvalue weighted by Crippen LogP contribution is 2.46. The van der Waals surface area contributed by atoms with Gasteiger partial charge in [0.1, 0.15) is 0 Å². The minimum absolute atomic E-state index is 0.686. The fourth-order valence-electron chi connectivity index (χ4n) is 13.6. The number of benzene rings is 13. The van der Waals surface area contributed by atoms with Crippen molar-refractivity contribution in [3.05, 3.63) is 352 Å². The van der Waals surface area contributed by atoms with E-state index in [4.69, 9.17) is 29.9 Å². The number of rotatable bonds is 11. The molecule has 8 heteroatoms. The minimum Gasteiger partial charge on any atom is -0.247 e. The Balaban J connectivity index is 0.000000145. The maximum Gasteiger partial charge on any atom is 0.160 e. The summed E-state index contributed by atoms with van der Waals surface area (Å²) in [6, 6.07) is 123. The van der Waals surface area contributed by atoms with Crippen molar-refractivity contribution in [3.8, 4) is 124 Å². The molecule has 0 unspecified atom stereocenters. The van der Waals surface area contributed by atoms with Crippen molar-refractivity contribution >= 4 is 84.8 Å². The highest BCUT2D eigenvalue weighted by molar-refractivity contribution is 7.27. The lowest BCUT2D eigenvalue weighted by Crippen LogP contribution is -1.96. The van der Waals surface area contributed by atoms with Crippen LogP contribution >= 0.6 is 22.7 Å². The lowest BCUT2D eigenvalue weighted by Gasteiger charge is -2.12. The van der Waals surface area contributed by atoms with E-state index < -0.39 is 0 Å². The third-order valence-corrected chi connectivity index (χ3v) is 21.0. The second-order valence-electron chi connectivity index (χ2n) is 24.8. The van der Waals surface area contributed by atoms with E-state index in [2.05, 4.69) is 291 Å². The second-order valence-corrected chi connectivity index (χ2v) is 26.9. The van der Waals surface area contributed by atoms with E-state index in [-0.39, 0.29) is 0 Å². The average molecular weight is 1310 g/mol. The van der Waals surface area contributed by atoms with Crippen LogP contribution in [0, 0.1) is 0 Å². The van der Waals surface area contributed by atoms with Gasteiger partial charge in [-0.1, -0.05) is 303 Å². The molecule has 13 aromatic carbocycles. The first-order valence-corrected chi connectivity index (χ1v) is 35.1. The van der Waals surface area contributed by atoms with Gasteiger partial charge in [0.05, 0.1) is 45.2 Å². The number of fused-ring (bicyclic) bond motifs is 10. The van der Waals surface area contributed by atoms with E-state index in [9.17, 15) is 0 Å². The van der Waals surface area contributed by atoms with Crippen molar-refractivity contribution in [2.24, 2.45) is 0 Å². The molecule has 0 aliphatic carbocycles. The molecule has 19 aromatic rings. The van der Waals surface area contributed by atoms with Crippen molar-refractivity contribution in [1.29, 1.82) is 0 Å². The van der Waals surface area contributed by atoms with E-state index in [1.54, 1.807) is 0 Å². The van der Waals surface area contributed by atoms with Gasteiger partial charge in [0.15, 0.2) is 11.6 Å². The quantitative estimate of drug-likeness (QED) is 0.128.